The van der Waals surface area contributed by atoms with E-state index in [0.717, 1.165) is 12.0 Å². The third-order valence-electron chi connectivity index (χ3n) is 6.37. The second-order valence-electron chi connectivity index (χ2n) is 9.20. The number of nitrogens with zero attached hydrogens (tertiary/aromatic N) is 1. The third kappa shape index (κ3) is 5.93. The lowest BCUT2D eigenvalue weighted by molar-refractivity contribution is -0.0218. The number of benzene rings is 1. The Morgan fingerprint density at radius 1 is 1.22 bits per heavy atom. The fourth-order valence-electron chi connectivity index (χ4n) is 3.71. The number of aryl methyl sites for hydroxylation is 1. The van der Waals surface area contributed by atoms with Crippen molar-refractivity contribution in [3.05, 3.63) is 35.9 Å². The van der Waals surface area contributed by atoms with Gasteiger partial charge in [0.05, 0.1) is 36.4 Å². The van der Waals surface area contributed by atoms with Gasteiger partial charge in [-0.1, -0.05) is 30.3 Å². The Hall–Kier alpha value is -2.30. The highest BCUT2D eigenvalue weighted by Crippen LogP contribution is 2.38. The van der Waals surface area contributed by atoms with Crippen molar-refractivity contribution in [1.82, 2.24) is 10.2 Å². The zero-order valence-electron chi connectivity index (χ0n) is 19.2. The first-order chi connectivity index (χ1) is 15.1. The molecule has 2 aliphatic rings. The molecule has 2 atom stereocenters. The number of carbonyl (C=O) groups is 2. The van der Waals surface area contributed by atoms with Gasteiger partial charge in [-0.15, -0.1) is 0 Å². The van der Waals surface area contributed by atoms with E-state index < -0.39 is 42.5 Å². The fourth-order valence-corrected chi connectivity index (χ4v) is 3.71. The summed E-state index contributed by atoms with van der Waals surface area (Å²) >= 11 is 0. The molecule has 2 fully saturated rings. The lowest BCUT2D eigenvalue weighted by Gasteiger charge is -2.33. The van der Waals surface area contributed by atoms with Crippen LogP contribution < -0.4 is 5.32 Å². The molecule has 0 aliphatic carbocycles. The maximum Gasteiger partial charge on any atom is 0.482 e. The second kappa shape index (κ2) is 10.1. The molecule has 0 spiro atoms. The highest BCUT2D eigenvalue weighted by Gasteiger charge is 2.54. The Labute approximate surface area is 189 Å². The van der Waals surface area contributed by atoms with Crippen molar-refractivity contribution in [3.8, 4) is 0 Å². The molecule has 2 saturated heterocycles. The summed E-state index contributed by atoms with van der Waals surface area (Å²) in [4.78, 5) is 25.2. The molecule has 0 bridgehead atoms. The van der Waals surface area contributed by atoms with E-state index in [1.54, 1.807) is 0 Å². The number of ether oxygens (including phenoxy) is 2. The minimum atomic E-state index is -1.06. The van der Waals surface area contributed by atoms with E-state index in [1.165, 1.54) is 4.90 Å². The highest BCUT2D eigenvalue weighted by molar-refractivity contribution is 6.48. The van der Waals surface area contributed by atoms with Gasteiger partial charge in [-0.3, -0.25) is 4.90 Å². The molecule has 176 valence electrons. The average molecular weight is 448 g/mol. The van der Waals surface area contributed by atoms with Crippen molar-refractivity contribution in [2.45, 2.75) is 63.7 Å². The van der Waals surface area contributed by atoms with Crippen LogP contribution in [-0.4, -0.2) is 78.9 Å². The van der Waals surface area contributed by atoms with Gasteiger partial charge in [0.2, 0.25) is 0 Å². The molecule has 2 heterocycles. The van der Waals surface area contributed by atoms with E-state index in [1.807, 2.05) is 58.0 Å². The molecule has 32 heavy (non-hydrogen) atoms. The van der Waals surface area contributed by atoms with E-state index >= 15 is 0 Å². The first-order valence-electron chi connectivity index (χ1n) is 11.0. The van der Waals surface area contributed by atoms with Crippen LogP contribution in [0, 0.1) is 0 Å². The number of amides is 2. The smallest absolute Gasteiger partial charge is 0.465 e. The van der Waals surface area contributed by atoms with E-state index in [9.17, 15) is 14.7 Å². The van der Waals surface area contributed by atoms with E-state index in [4.69, 9.17) is 18.8 Å². The van der Waals surface area contributed by atoms with Crippen LogP contribution in [0.2, 0.25) is 0 Å². The molecule has 1 aromatic carbocycles. The summed E-state index contributed by atoms with van der Waals surface area (Å²) in [5, 5.41) is 12.2. The van der Waals surface area contributed by atoms with Gasteiger partial charge < -0.3 is 29.2 Å². The molecule has 0 saturated carbocycles. The Bertz CT molecular complexity index is 774. The number of nitrogens with one attached hydrogen (secondary N) is 1. The fraction of sp³-hybridized carbons (Fsp3) is 0.636. The molecular formula is C22H33BN2O7. The van der Waals surface area contributed by atoms with Gasteiger partial charge in [0.25, 0.3) is 0 Å². The topological polar surface area (TPSA) is 107 Å². The monoisotopic (exact) mass is 448 g/mol. The minimum absolute atomic E-state index is 0.0904. The Morgan fingerprint density at radius 3 is 2.50 bits per heavy atom. The van der Waals surface area contributed by atoms with Gasteiger partial charge in [-0.2, -0.15) is 0 Å². The number of hydrogen-bond donors (Lipinski definition) is 2. The molecule has 3 rings (SSSR count). The van der Waals surface area contributed by atoms with Crippen LogP contribution in [0.1, 0.15) is 39.7 Å². The highest BCUT2D eigenvalue weighted by atomic mass is 16.7. The van der Waals surface area contributed by atoms with E-state index in [2.05, 4.69) is 5.32 Å². The number of rotatable bonds is 7. The van der Waals surface area contributed by atoms with Crippen molar-refractivity contribution < 1.29 is 33.5 Å². The van der Waals surface area contributed by atoms with Gasteiger partial charge in [0, 0.05) is 6.54 Å². The largest absolute Gasteiger partial charge is 0.482 e. The summed E-state index contributed by atoms with van der Waals surface area (Å²) in [6.07, 6.45) is -0.392. The van der Waals surface area contributed by atoms with Crippen LogP contribution in [-0.2, 0) is 25.2 Å². The molecule has 2 N–H and O–H groups in total. The third-order valence-corrected chi connectivity index (χ3v) is 6.37. The predicted octanol–water partition coefficient (Wildman–Crippen LogP) is 2.72. The van der Waals surface area contributed by atoms with Crippen LogP contribution in [0.3, 0.4) is 0 Å². The van der Waals surface area contributed by atoms with Gasteiger partial charge in [0.15, 0.2) is 0 Å². The molecule has 1 aromatic rings. The van der Waals surface area contributed by atoms with Gasteiger partial charge in [-0.05, 0) is 46.1 Å². The Balaban J connectivity index is 1.62. The first kappa shape index (κ1) is 24.3. The van der Waals surface area contributed by atoms with Gasteiger partial charge in [-0.25, -0.2) is 9.59 Å². The summed E-state index contributed by atoms with van der Waals surface area (Å²) in [7, 11) is -0.634. The van der Waals surface area contributed by atoms with Crippen molar-refractivity contribution >= 4 is 19.3 Å². The minimum Gasteiger partial charge on any atom is -0.465 e. The summed E-state index contributed by atoms with van der Waals surface area (Å²) in [6, 6.07) is 9.43. The summed E-state index contributed by atoms with van der Waals surface area (Å²) in [5.74, 6) is -0.443. The molecule has 10 heteroatoms. The molecular weight excluding hydrogens is 415 g/mol. The SMILES string of the molecule is CC1(C)OB(C(CCc2ccccc2)NC(=O)OC[C@H]2COCCN2C(=O)O)OC1(C)C. The zero-order valence-corrected chi connectivity index (χ0v) is 19.2. The second-order valence-corrected chi connectivity index (χ2v) is 9.20. The molecule has 9 nitrogen and oxygen atoms in total. The number of morpholine rings is 1. The molecule has 0 aromatic heterocycles. The molecule has 2 aliphatic heterocycles. The maximum absolute atomic E-state index is 12.6. The normalized spacial score (nSPS) is 22.9. The van der Waals surface area contributed by atoms with Crippen molar-refractivity contribution in [2.24, 2.45) is 0 Å². The number of carboxylic acid groups (broad SMARTS) is 1. The molecule has 0 radical (unpaired) electrons. The molecule has 2 amide bonds. The summed E-state index contributed by atoms with van der Waals surface area (Å²) in [6.45, 7) is 8.52. The van der Waals surface area contributed by atoms with E-state index in [-0.39, 0.29) is 19.8 Å². The standard InChI is InChI=1S/C22H33BN2O7/c1-21(2)22(3,4)32-23(31-21)18(11-10-16-8-6-5-7-9-16)24-19(26)30-15-17-14-29-13-12-25(17)20(27)28/h5-9,17-18H,10-15H2,1-4H3,(H,24,26)(H,27,28)/t17-,18?/m1/s1. The van der Waals surface area contributed by atoms with Crippen LogP contribution in [0.4, 0.5) is 9.59 Å². The molecule has 1 unspecified atom stereocenters. The van der Waals surface area contributed by atoms with Crippen LogP contribution >= 0.6 is 0 Å². The average Bonchev–Trinajstić information content (AvgIpc) is 2.97. The summed E-state index contributed by atoms with van der Waals surface area (Å²) < 4.78 is 23.0. The number of hydrogen-bond acceptors (Lipinski definition) is 6. The van der Waals surface area contributed by atoms with E-state index in [0.29, 0.717) is 13.0 Å². The Morgan fingerprint density at radius 2 is 1.88 bits per heavy atom. The predicted molar refractivity (Wildman–Crippen MR) is 118 cm³/mol. The van der Waals surface area contributed by atoms with Crippen molar-refractivity contribution in [3.63, 3.8) is 0 Å². The van der Waals surface area contributed by atoms with Gasteiger partial charge in [0.1, 0.15) is 6.61 Å². The Kier molecular flexibility index (Phi) is 7.69. The van der Waals surface area contributed by atoms with Gasteiger partial charge >= 0.3 is 19.3 Å². The van der Waals surface area contributed by atoms with Crippen LogP contribution in [0.5, 0.6) is 0 Å². The lowest BCUT2D eigenvalue weighted by Crippen LogP contribution is -2.52. The first-order valence-corrected chi connectivity index (χ1v) is 11.0. The number of carbonyl (C=O) groups excluding carboxylic acids is 1. The quantitative estimate of drug-likeness (QED) is 0.618. The lowest BCUT2D eigenvalue weighted by atomic mass is 9.75. The van der Waals surface area contributed by atoms with Crippen LogP contribution in [0.15, 0.2) is 30.3 Å². The van der Waals surface area contributed by atoms with Crippen molar-refractivity contribution in [1.29, 1.82) is 0 Å². The van der Waals surface area contributed by atoms with Crippen LogP contribution in [0.25, 0.3) is 0 Å². The zero-order chi connectivity index (χ0) is 23.4. The number of alkyl carbamates (subject to hydrolysis) is 1. The summed E-state index contributed by atoms with van der Waals surface area (Å²) in [5.41, 5.74) is 0.0753. The van der Waals surface area contributed by atoms with Crippen molar-refractivity contribution in [2.75, 3.05) is 26.4 Å². The maximum atomic E-state index is 12.6.